The quantitative estimate of drug-likeness (QED) is 0.741. The van der Waals surface area contributed by atoms with E-state index in [0.717, 1.165) is 31.6 Å². The number of nitrogens with one attached hydrogen (secondary N) is 1. The minimum Gasteiger partial charge on any atom is -0.316 e. The van der Waals surface area contributed by atoms with E-state index in [1.165, 1.54) is 22.6 Å². The first-order chi connectivity index (χ1) is 10.2. The molecule has 0 bridgehead atoms. The smallest absolute Gasteiger partial charge is 0.0931 e. The average Bonchev–Trinajstić information content (AvgIpc) is 2.84. The van der Waals surface area contributed by atoms with Gasteiger partial charge < -0.3 is 5.32 Å². The molecule has 114 valence electrons. The highest BCUT2D eigenvalue weighted by Gasteiger charge is 2.13. The van der Waals surface area contributed by atoms with Gasteiger partial charge in [0.05, 0.1) is 5.01 Å². The molecular formula is C18H26N2S. The van der Waals surface area contributed by atoms with Crippen LogP contribution in [0.4, 0.5) is 0 Å². The first-order valence-electron chi connectivity index (χ1n) is 7.84. The highest BCUT2D eigenvalue weighted by Crippen LogP contribution is 2.18. The van der Waals surface area contributed by atoms with Crippen LogP contribution in [-0.4, -0.2) is 18.1 Å². The summed E-state index contributed by atoms with van der Waals surface area (Å²) < 4.78 is 0. The summed E-state index contributed by atoms with van der Waals surface area (Å²) >= 11 is 1.79. The van der Waals surface area contributed by atoms with Crippen molar-refractivity contribution in [2.45, 2.75) is 40.0 Å². The van der Waals surface area contributed by atoms with Gasteiger partial charge in [-0.2, -0.15) is 0 Å². The van der Waals surface area contributed by atoms with Gasteiger partial charge in [0.25, 0.3) is 0 Å². The molecule has 3 heteroatoms. The first-order valence-corrected chi connectivity index (χ1v) is 8.72. The van der Waals surface area contributed by atoms with Crippen LogP contribution in [0.5, 0.6) is 0 Å². The third kappa shape index (κ3) is 5.60. The van der Waals surface area contributed by atoms with E-state index in [4.69, 9.17) is 0 Å². The highest BCUT2D eigenvalue weighted by molar-refractivity contribution is 7.09. The number of hydrogen-bond donors (Lipinski definition) is 1. The summed E-state index contributed by atoms with van der Waals surface area (Å²) in [5.74, 6) is 0.615. The third-order valence-electron chi connectivity index (χ3n) is 3.60. The zero-order chi connectivity index (χ0) is 15.1. The third-order valence-corrected chi connectivity index (χ3v) is 4.59. The fourth-order valence-electron chi connectivity index (χ4n) is 2.62. The monoisotopic (exact) mass is 302 g/mol. The zero-order valence-corrected chi connectivity index (χ0v) is 14.2. The Hall–Kier alpha value is -1.19. The van der Waals surface area contributed by atoms with Gasteiger partial charge in [-0.25, -0.2) is 4.98 Å². The van der Waals surface area contributed by atoms with Crippen LogP contribution < -0.4 is 5.32 Å². The van der Waals surface area contributed by atoms with Crippen LogP contribution in [0, 0.1) is 19.8 Å². The molecular weight excluding hydrogens is 276 g/mol. The van der Waals surface area contributed by atoms with E-state index in [0.29, 0.717) is 5.92 Å². The van der Waals surface area contributed by atoms with Gasteiger partial charge in [0.1, 0.15) is 0 Å². The molecule has 0 fully saturated rings. The van der Waals surface area contributed by atoms with Gasteiger partial charge in [0, 0.05) is 17.5 Å². The predicted octanol–water partition coefficient (Wildman–Crippen LogP) is 4.16. The Kier molecular flexibility index (Phi) is 6.40. The van der Waals surface area contributed by atoms with E-state index in [2.05, 4.69) is 60.7 Å². The lowest BCUT2D eigenvalue weighted by Crippen LogP contribution is -2.26. The molecule has 0 amide bonds. The van der Waals surface area contributed by atoms with Crippen molar-refractivity contribution in [1.29, 1.82) is 0 Å². The number of thiazole rings is 1. The molecule has 0 saturated carbocycles. The molecule has 1 aromatic heterocycles. The summed E-state index contributed by atoms with van der Waals surface area (Å²) in [5, 5.41) is 6.99. The molecule has 1 atom stereocenters. The summed E-state index contributed by atoms with van der Waals surface area (Å²) in [5.41, 5.74) is 3.93. The molecule has 0 aliphatic heterocycles. The largest absolute Gasteiger partial charge is 0.316 e. The van der Waals surface area contributed by atoms with Crippen molar-refractivity contribution in [3.05, 3.63) is 51.5 Å². The Labute approximate surface area is 132 Å². The second-order valence-corrected chi connectivity index (χ2v) is 6.79. The molecule has 1 aromatic carbocycles. The van der Waals surface area contributed by atoms with Gasteiger partial charge in [0.15, 0.2) is 0 Å². The highest BCUT2D eigenvalue weighted by atomic mass is 32.1. The Balaban J connectivity index is 2.00. The normalized spacial score (nSPS) is 12.5. The lowest BCUT2D eigenvalue weighted by atomic mass is 9.95. The summed E-state index contributed by atoms with van der Waals surface area (Å²) in [6, 6.07) is 8.87. The van der Waals surface area contributed by atoms with Gasteiger partial charge in [-0.05, 0) is 51.3 Å². The molecule has 21 heavy (non-hydrogen) atoms. The average molecular weight is 302 g/mol. The first kappa shape index (κ1) is 16.2. The molecule has 2 rings (SSSR count). The number of nitrogens with zero attached hydrogens (tertiary/aromatic N) is 1. The van der Waals surface area contributed by atoms with Gasteiger partial charge in [-0.3, -0.25) is 0 Å². The Bertz CT molecular complexity index is 548. The minimum atomic E-state index is 0.615. The predicted molar refractivity (Wildman–Crippen MR) is 92.1 cm³/mol. The zero-order valence-electron chi connectivity index (χ0n) is 13.4. The Morgan fingerprint density at radius 2 is 2.10 bits per heavy atom. The fraction of sp³-hybridized carbons (Fsp3) is 0.500. The van der Waals surface area contributed by atoms with Gasteiger partial charge >= 0.3 is 0 Å². The SMILES string of the molecule is CCCNCC(Cc1cccc(C)c1)Cc1nc(C)cs1. The molecule has 0 aliphatic rings. The standard InChI is InChI=1S/C18H26N2S/c1-4-8-19-12-17(11-18-20-15(3)13-21-18)10-16-7-5-6-14(2)9-16/h5-7,9,13,17,19H,4,8,10-12H2,1-3H3. The maximum atomic E-state index is 4.63. The van der Waals surface area contributed by atoms with Crippen LogP contribution in [0.25, 0.3) is 0 Å². The van der Waals surface area contributed by atoms with Crippen LogP contribution in [0.2, 0.25) is 0 Å². The molecule has 0 aliphatic carbocycles. The van der Waals surface area contributed by atoms with E-state index >= 15 is 0 Å². The van der Waals surface area contributed by atoms with Crippen molar-refractivity contribution < 1.29 is 0 Å². The van der Waals surface area contributed by atoms with Crippen molar-refractivity contribution >= 4 is 11.3 Å². The number of hydrogen-bond acceptors (Lipinski definition) is 3. The van der Waals surface area contributed by atoms with Crippen molar-refractivity contribution in [2.75, 3.05) is 13.1 Å². The van der Waals surface area contributed by atoms with E-state index in [9.17, 15) is 0 Å². The lowest BCUT2D eigenvalue weighted by molar-refractivity contribution is 0.470. The van der Waals surface area contributed by atoms with Gasteiger partial charge in [-0.1, -0.05) is 36.8 Å². The number of rotatable bonds is 8. The summed E-state index contributed by atoms with van der Waals surface area (Å²) in [4.78, 5) is 4.63. The van der Waals surface area contributed by atoms with Crippen molar-refractivity contribution in [3.63, 3.8) is 0 Å². The molecule has 1 unspecified atom stereocenters. The van der Waals surface area contributed by atoms with Gasteiger partial charge in [0.2, 0.25) is 0 Å². The number of benzene rings is 1. The van der Waals surface area contributed by atoms with E-state index in [-0.39, 0.29) is 0 Å². The van der Waals surface area contributed by atoms with Crippen molar-refractivity contribution in [3.8, 4) is 0 Å². The molecule has 1 N–H and O–H groups in total. The topological polar surface area (TPSA) is 24.9 Å². The Morgan fingerprint density at radius 1 is 1.24 bits per heavy atom. The number of aryl methyl sites for hydroxylation is 2. The van der Waals surface area contributed by atoms with Crippen molar-refractivity contribution in [2.24, 2.45) is 5.92 Å². The van der Waals surface area contributed by atoms with Crippen LogP contribution in [0.3, 0.4) is 0 Å². The maximum absolute atomic E-state index is 4.63. The van der Waals surface area contributed by atoms with E-state index < -0.39 is 0 Å². The van der Waals surface area contributed by atoms with Crippen LogP contribution >= 0.6 is 11.3 Å². The molecule has 0 saturated heterocycles. The molecule has 2 aromatic rings. The lowest BCUT2D eigenvalue weighted by Gasteiger charge is -2.17. The van der Waals surface area contributed by atoms with Crippen molar-refractivity contribution in [1.82, 2.24) is 10.3 Å². The summed E-state index contributed by atoms with van der Waals surface area (Å²) in [7, 11) is 0. The molecule has 2 nitrogen and oxygen atoms in total. The summed E-state index contributed by atoms with van der Waals surface area (Å²) in [6.07, 6.45) is 3.38. The molecule has 0 spiro atoms. The molecule has 1 heterocycles. The molecule has 0 radical (unpaired) electrons. The van der Waals surface area contributed by atoms with Crippen LogP contribution in [0.15, 0.2) is 29.6 Å². The van der Waals surface area contributed by atoms with Crippen LogP contribution in [0.1, 0.15) is 35.2 Å². The second kappa shape index (κ2) is 8.30. The summed E-state index contributed by atoms with van der Waals surface area (Å²) in [6.45, 7) is 8.62. The Morgan fingerprint density at radius 3 is 2.76 bits per heavy atom. The fourth-order valence-corrected chi connectivity index (χ4v) is 3.50. The minimum absolute atomic E-state index is 0.615. The van der Waals surface area contributed by atoms with E-state index in [1.807, 2.05) is 0 Å². The van der Waals surface area contributed by atoms with E-state index in [1.54, 1.807) is 11.3 Å². The van der Waals surface area contributed by atoms with Crippen LogP contribution in [-0.2, 0) is 12.8 Å². The number of aromatic nitrogens is 1. The van der Waals surface area contributed by atoms with Gasteiger partial charge in [-0.15, -0.1) is 11.3 Å². The maximum Gasteiger partial charge on any atom is 0.0931 e. The second-order valence-electron chi connectivity index (χ2n) is 5.85.